The second-order valence-corrected chi connectivity index (χ2v) is 6.39. The average molecular weight is 297 g/mol. The van der Waals surface area contributed by atoms with Crippen LogP contribution in [0.2, 0.25) is 5.02 Å². The molecule has 2 rings (SSSR count). The SMILES string of the molecule is CC(C)C1CCCN(Cc2nc(NN)ccc2Cl)CC1. The van der Waals surface area contributed by atoms with Crippen molar-refractivity contribution in [1.82, 2.24) is 9.88 Å². The predicted octanol–water partition coefficient (Wildman–Crippen LogP) is 3.28. The molecular weight excluding hydrogens is 272 g/mol. The highest BCUT2D eigenvalue weighted by molar-refractivity contribution is 6.31. The zero-order chi connectivity index (χ0) is 14.5. The smallest absolute Gasteiger partial charge is 0.140 e. The largest absolute Gasteiger partial charge is 0.308 e. The van der Waals surface area contributed by atoms with E-state index in [1.54, 1.807) is 6.07 Å². The Kier molecular flexibility index (Phi) is 5.64. The highest BCUT2D eigenvalue weighted by atomic mass is 35.5. The van der Waals surface area contributed by atoms with Crippen LogP contribution in [-0.2, 0) is 6.54 Å². The molecule has 1 aromatic rings. The molecule has 1 aromatic heterocycles. The third kappa shape index (κ3) is 4.08. The van der Waals surface area contributed by atoms with E-state index >= 15 is 0 Å². The molecule has 1 aliphatic rings. The molecule has 0 aliphatic carbocycles. The van der Waals surface area contributed by atoms with Crippen molar-refractivity contribution in [2.75, 3.05) is 18.5 Å². The summed E-state index contributed by atoms with van der Waals surface area (Å²) in [5.74, 6) is 7.70. The maximum Gasteiger partial charge on any atom is 0.140 e. The zero-order valence-corrected chi connectivity index (χ0v) is 13.2. The maximum absolute atomic E-state index is 6.23. The summed E-state index contributed by atoms with van der Waals surface area (Å²) in [4.78, 5) is 6.92. The monoisotopic (exact) mass is 296 g/mol. The van der Waals surface area contributed by atoms with Crippen LogP contribution < -0.4 is 11.3 Å². The van der Waals surface area contributed by atoms with Gasteiger partial charge in [-0.3, -0.25) is 4.90 Å². The number of anilines is 1. The van der Waals surface area contributed by atoms with Crippen molar-refractivity contribution < 1.29 is 0 Å². The number of nitrogens with zero attached hydrogens (tertiary/aromatic N) is 2. The van der Waals surface area contributed by atoms with Crippen LogP contribution in [-0.4, -0.2) is 23.0 Å². The van der Waals surface area contributed by atoms with E-state index in [-0.39, 0.29) is 0 Å². The Hall–Kier alpha value is -0.840. The summed E-state index contributed by atoms with van der Waals surface area (Å²) in [7, 11) is 0. The number of aromatic nitrogens is 1. The van der Waals surface area contributed by atoms with Gasteiger partial charge in [-0.05, 0) is 56.3 Å². The number of nitrogens with two attached hydrogens (primary N) is 1. The summed E-state index contributed by atoms with van der Waals surface area (Å²) in [5.41, 5.74) is 3.49. The molecule has 0 aromatic carbocycles. The Labute approximate surface area is 126 Å². The van der Waals surface area contributed by atoms with Gasteiger partial charge in [-0.25, -0.2) is 10.8 Å². The maximum atomic E-state index is 6.23. The third-order valence-corrected chi connectivity index (χ3v) is 4.59. The van der Waals surface area contributed by atoms with Crippen LogP contribution in [0.3, 0.4) is 0 Å². The van der Waals surface area contributed by atoms with Crippen molar-refractivity contribution in [2.45, 2.75) is 39.7 Å². The molecule has 1 saturated heterocycles. The molecule has 20 heavy (non-hydrogen) atoms. The summed E-state index contributed by atoms with van der Waals surface area (Å²) >= 11 is 6.23. The summed E-state index contributed by atoms with van der Waals surface area (Å²) in [5, 5.41) is 0.716. The first-order chi connectivity index (χ1) is 9.60. The number of halogens is 1. The van der Waals surface area contributed by atoms with E-state index in [0.717, 1.165) is 37.2 Å². The molecule has 0 saturated carbocycles. The third-order valence-electron chi connectivity index (χ3n) is 4.25. The molecule has 4 nitrogen and oxygen atoms in total. The van der Waals surface area contributed by atoms with Crippen molar-refractivity contribution in [1.29, 1.82) is 0 Å². The summed E-state index contributed by atoms with van der Waals surface area (Å²) in [6.45, 7) is 7.71. The number of nitrogens with one attached hydrogen (secondary N) is 1. The van der Waals surface area contributed by atoms with Crippen molar-refractivity contribution in [3.05, 3.63) is 22.8 Å². The van der Waals surface area contributed by atoms with Crippen LogP contribution in [0.25, 0.3) is 0 Å². The number of rotatable bonds is 4. The van der Waals surface area contributed by atoms with E-state index in [4.69, 9.17) is 17.4 Å². The molecule has 1 fully saturated rings. The molecule has 5 heteroatoms. The van der Waals surface area contributed by atoms with E-state index < -0.39 is 0 Å². The van der Waals surface area contributed by atoms with Gasteiger partial charge in [0.1, 0.15) is 5.82 Å². The average Bonchev–Trinajstić information content (AvgIpc) is 2.67. The van der Waals surface area contributed by atoms with Crippen LogP contribution in [0.5, 0.6) is 0 Å². The topological polar surface area (TPSA) is 54.2 Å². The lowest BCUT2D eigenvalue weighted by Gasteiger charge is -2.21. The van der Waals surface area contributed by atoms with Crippen LogP contribution in [0.1, 0.15) is 38.8 Å². The fourth-order valence-corrected chi connectivity index (χ4v) is 3.06. The molecule has 1 unspecified atom stereocenters. The van der Waals surface area contributed by atoms with E-state index in [9.17, 15) is 0 Å². The number of hydrazine groups is 1. The van der Waals surface area contributed by atoms with Gasteiger partial charge in [0.15, 0.2) is 0 Å². The standard InChI is InChI=1S/C15H25ClN4/c1-11(2)12-4-3-8-20(9-7-12)10-14-13(16)5-6-15(18-14)19-17/h5-6,11-12H,3-4,7-10,17H2,1-2H3,(H,18,19). The van der Waals surface area contributed by atoms with Crippen molar-refractivity contribution in [3.8, 4) is 0 Å². The Morgan fingerprint density at radius 3 is 2.90 bits per heavy atom. The minimum absolute atomic E-state index is 0.666. The van der Waals surface area contributed by atoms with E-state index in [1.807, 2.05) is 6.07 Å². The van der Waals surface area contributed by atoms with Crippen LogP contribution in [0.4, 0.5) is 5.82 Å². The molecule has 0 radical (unpaired) electrons. The normalized spacial score (nSPS) is 20.9. The lowest BCUT2D eigenvalue weighted by Crippen LogP contribution is -2.25. The van der Waals surface area contributed by atoms with Crippen LogP contribution in [0, 0.1) is 11.8 Å². The van der Waals surface area contributed by atoms with Gasteiger partial charge in [0.25, 0.3) is 0 Å². The molecule has 2 heterocycles. The van der Waals surface area contributed by atoms with Crippen molar-refractivity contribution >= 4 is 17.4 Å². The van der Waals surface area contributed by atoms with Gasteiger partial charge in [0, 0.05) is 6.54 Å². The zero-order valence-electron chi connectivity index (χ0n) is 12.4. The first-order valence-corrected chi connectivity index (χ1v) is 7.82. The molecule has 0 amide bonds. The number of pyridine rings is 1. The second kappa shape index (κ2) is 7.25. The van der Waals surface area contributed by atoms with Crippen molar-refractivity contribution in [2.24, 2.45) is 17.7 Å². The Morgan fingerprint density at radius 1 is 1.40 bits per heavy atom. The summed E-state index contributed by atoms with van der Waals surface area (Å²) < 4.78 is 0. The molecule has 1 aliphatic heterocycles. The molecule has 1 atom stereocenters. The Balaban J connectivity index is 1.99. The van der Waals surface area contributed by atoms with Gasteiger partial charge in [0.2, 0.25) is 0 Å². The summed E-state index contributed by atoms with van der Waals surface area (Å²) in [6, 6.07) is 3.65. The predicted molar refractivity (Wildman–Crippen MR) is 84.5 cm³/mol. The summed E-state index contributed by atoms with van der Waals surface area (Å²) in [6.07, 6.45) is 3.86. The minimum Gasteiger partial charge on any atom is -0.308 e. The quantitative estimate of drug-likeness (QED) is 0.661. The molecule has 112 valence electrons. The molecule has 0 bridgehead atoms. The minimum atomic E-state index is 0.666. The van der Waals surface area contributed by atoms with Gasteiger partial charge in [0.05, 0.1) is 10.7 Å². The fraction of sp³-hybridized carbons (Fsp3) is 0.667. The fourth-order valence-electron chi connectivity index (χ4n) is 2.89. The first kappa shape index (κ1) is 15.5. The van der Waals surface area contributed by atoms with Gasteiger partial charge < -0.3 is 5.43 Å². The van der Waals surface area contributed by atoms with E-state index in [1.165, 1.54) is 19.3 Å². The number of hydrogen-bond acceptors (Lipinski definition) is 4. The second-order valence-electron chi connectivity index (χ2n) is 5.98. The Morgan fingerprint density at radius 2 is 2.20 bits per heavy atom. The van der Waals surface area contributed by atoms with Gasteiger partial charge in [-0.15, -0.1) is 0 Å². The highest BCUT2D eigenvalue weighted by Crippen LogP contribution is 2.26. The lowest BCUT2D eigenvalue weighted by atomic mass is 9.89. The molecular formula is C15H25ClN4. The van der Waals surface area contributed by atoms with Crippen LogP contribution in [0.15, 0.2) is 12.1 Å². The van der Waals surface area contributed by atoms with Gasteiger partial charge in [-0.1, -0.05) is 25.4 Å². The lowest BCUT2D eigenvalue weighted by molar-refractivity contribution is 0.262. The highest BCUT2D eigenvalue weighted by Gasteiger charge is 2.20. The molecule has 3 N–H and O–H groups in total. The molecule has 0 spiro atoms. The number of likely N-dealkylation sites (tertiary alicyclic amines) is 1. The van der Waals surface area contributed by atoms with Gasteiger partial charge >= 0.3 is 0 Å². The first-order valence-electron chi connectivity index (χ1n) is 7.44. The van der Waals surface area contributed by atoms with E-state index in [2.05, 4.69) is 29.2 Å². The van der Waals surface area contributed by atoms with Crippen LogP contribution >= 0.6 is 11.6 Å². The Bertz CT molecular complexity index is 436. The van der Waals surface area contributed by atoms with Gasteiger partial charge in [-0.2, -0.15) is 0 Å². The number of nitrogen functional groups attached to an aromatic ring is 1. The van der Waals surface area contributed by atoms with E-state index in [0.29, 0.717) is 10.8 Å². The number of hydrogen-bond donors (Lipinski definition) is 2. The van der Waals surface area contributed by atoms with Crippen molar-refractivity contribution in [3.63, 3.8) is 0 Å².